The van der Waals surface area contributed by atoms with Crippen LogP contribution in [0.3, 0.4) is 0 Å². The fraction of sp³-hybridized carbons (Fsp3) is 0.333. The van der Waals surface area contributed by atoms with Crippen molar-refractivity contribution in [2.45, 2.75) is 27.2 Å². The van der Waals surface area contributed by atoms with Crippen molar-refractivity contribution in [3.8, 4) is 0 Å². The third-order valence-electron chi connectivity index (χ3n) is 4.25. The highest BCUT2D eigenvalue weighted by molar-refractivity contribution is 5.95. The lowest BCUT2D eigenvalue weighted by Crippen LogP contribution is -2.32. The van der Waals surface area contributed by atoms with Crippen LogP contribution in [0.25, 0.3) is 0 Å². The Bertz CT molecular complexity index is 782. The fourth-order valence-corrected chi connectivity index (χ4v) is 2.84. The summed E-state index contributed by atoms with van der Waals surface area (Å²) in [7, 11) is 3.94. The number of carbonyl (C=O) groups is 2. The van der Waals surface area contributed by atoms with Crippen molar-refractivity contribution >= 4 is 28.9 Å². The predicted octanol–water partition coefficient (Wildman–Crippen LogP) is 3.75. The van der Waals surface area contributed by atoms with Crippen LogP contribution in [0.5, 0.6) is 0 Å². The summed E-state index contributed by atoms with van der Waals surface area (Å²) in [6.07, 6.45) is 0.238. The maximum absolute atomic E-state index is 12.3. The van der Waals surface area contributed by atoms with Gasteiger partial charge in [-0.15, -0.1) is 0 Å². The van der Waals surface area contributed by atoms with Crippen LogP contribution in [0.1, 0.15) is 24.5 Å². The van der Waals surface area contributed by atoms with E-state index in [0.717, 1.165) is 28.2 Å². The third-order valence-corrected chi connectivity index (χ3v) is 4.25. The molecular weight excluding hydrogens is 326 g/mol. The fourth-order valence-electron chi connectivity index (χ4n) is 2.84. The third kappa shape index (κ3) is 5.09. The van der Waals surface area contributed by atoms with E-state index in [-0.39, 0.29) is 18.2 Å². The van der Waals surface area contributed by atoms with Gasteiger partial charge in [0.15, 0.2) is 0 Å². The normalized spacial score (nSPS) is 10.3. The molecule has 2 amide bonds. The van der Waals surface area contributed by atoms with Crippen molar-refractivity contribution in [2.75, 3.05) is 35.8 Å². The number of anilines is 3. The lowest BCUT2D eigenvalue weighted by Gasteiger charge is -2.23. The van der Waals surface area contributed by atoms with Gasteiger partial charge < -0.3 is 15.1 Å². The Labute approximate surface area is 155 Å². The van der Waals surface area contributed by atoms with E-state index in [2.05, 4.69) is 5.32 Å². The van der Waals surface area contributed by atoms with Crippen molar-refractivity contribution in [3.05, 3.63) is 53.6 Å². The van der Waals surface area contributed by atoms with E-state index >= 15 is 0 Å². The molecule has 2 aromatic rings. The van der Waals surface area contributed by atoms with Gasteiger partial charge in [-0.3, -0.25) is 9.59 Å². The minimum absolute atomic E-state index is 0.0694. The zero-order chi connectivity index (χ0) is 19.3. The maximum Gasteiger partial charge on any atom is 0.226 e. The summed E-state index contributed by atoms with van der Waals surface area (Å²) in [5.41, 5.74) is 4.85. The summed E-state index contributed by atoms with van der Waals surface area (Å²) in [6.45, 7) is 5.87. The number of carbonyl (C=O) groups excluding carboxylic acids is 2. The molecule has 0 fully saturated rings. The molecule has 0 saturated heterocycles. The van der Waals surface area contributed by atoms with Crippen LogP contribution in [-0.4, -0.2) is 32.5 Å². The second kappa shape index (κ2) is 8.52. The van der Waals surface area contributed by atoms with E-state index in [9.17, 15) is 9.59 Å². The second-order valence-corrected chi connectivity index (χ2v) is 6.70. The summed E-state index contributed by atoms with van der Waals surface area (Å²) < 4.78 is 0. The number of hydrogen-bond acceptors (Lipinski definition) is 3. The van der Waals surface area contributed by atoms with E-state index in [1.807, 2.05) is 75.3 Å². The van der Waals surface area contributed by atoms with Crippen LogP contribution in [0.15, 0.2) is 42.5 Å². The van der Waals surface area contributed by atoms with E-state index in [1.165, 1.54) is 6.92 Å². The molecule has 0 bridgehead atoms. The highest BCUT2D eigenvalue weighted by atomic mass is 16.2. The molecule has 5 nitrogen and oxygen atoms in total. The molecule has 2 rings (SSSR count). The van der Waals surface area contributed by atoms with Gasteiger partial charge in [-0.05, 0) is 49.7 Å². The van der Waals surface area contributed by atoms with Gasteiger partial charge in [-0.25, -0.2) is 0 Å². The Balaban J connectivity index is 2.00. The Morgan fingerprint density at radius 2 is 1.65 bits per heavy atom. The molecule has 26 heavy (non-hydrogen) atoms. The highest BCUT2D eigenvalue weighted by Crippen LogP contribution is 2.22. The summed E-state index contributed by atoms with van der Waals surface area (Å²) in [5.74, 6) is -0.182. The highest BCUT2D eigenvalue weighted by Gasteiger charge is 2.15. The number of nitrogens with zero attached hydrogens (tertiary/aromatic N) is 2. The first-order valence-electron chi connectivity index (χ1n) is 8.70. The van der Waals surface area contributed by atoms with Gasteiger partial charge in [0.05, 0.1) is 0 Å². The second-order valence-electron chi connectivity index (χ2n) is 6.70. The Morgan fingerprint density at radius 1 is 1.00 bits per heavy atom. The summed E-state index contributed by atoms with van der Waals surface area (Å²) in [4.78, 5) is 28.0. The van der Waals surface area contributed by atoms with Crippen molar-refractivity contribution in [1.82, 2.24) is 0 Å². The number of rotatable bonds is 6. The maximum atomic E-state index is 12.3. The van der Waals surface area contributed by atoms with Crippen molar-refractivity contribution in [1.29, 1.82) is 0 Å². The molecule has 0 radical (unpaired) electrons. The molecule has 0 aromatic heterocycles. The lowest BCUT2D eigenvalue weighted by molar-refractivity contribution is -0.117. The van der Waals surface area contributed by atoms with E-state index in [1.54, 1.807) is 4.90 Å². The molecule has 0 aliphatic carbocycles. The molecule has 0 heterocycles. The van der Waals surface area contributed by atoms with Gasteiger partial charge in [-0.1, -0.05) is 17.7 Å². The van der Waals surface area contributed by atoms with Gasteiger partial charge in [0.1, 0.15) is 0 Å². The molecule has 0 atom stereocenters. The quantitative estimate of drug-likeness (QED) is 0.860. The Kier molecular flexibility index (Phi) is 6.39. The van der Waals surface area contributed by atoms with E-state index in [0.29, 0.717) is 6.54 Å². The molecule has 0 aliphatic rings. The summed E-state index contributed by atoms with van der Waals surface area (Å²) >= 11 is 0. The van der Waals surface area contributed by atoms with E-state index < -0.39 is 0 Å². The molecular formula is C21H27N3O2. The van der Waals surface area contributed by atoms with Crippen LogP contribution >= 0.6 is 0 Å². The van der Waals surface area contributed by atoms with Crippen molar-refractivity contribution < 1.29 is 9.59 Å². The zero-order valence-corrected chi connectivity index (χ0v) is 16.2. The molecule has 2 aromatic carbocycles. The number of benzene rings is 2. The summed E-state index contributed by atoms with van der Waals surface area (Å²) in [6, 6.07) is 13.6. The van der Waals surface area contributed by atoms with E-state index in [4.69, 9.17) is 0 Å². The zero-order valence-electron chi connectivity index (χ0n) is 16.2. The van der Waals surface area contributed by atoms with Gasteiger partial charge in [0, 0.05) is 51.0 Å². The lowest BCUT2D eigenvalue weighted by atomic mass is 10.1. The first-order chi connectivity index (χ1) is 12.3. The number of aryl methyl sites for hydroxylation is 2. The van der Waals surface area contributed by atoms with Gasteiger partial charge in [0.2, 0.25) is 11.8 Å². The van der Waals surface area contributed by atoms with Crippen molar-refractivity contribution in [2.24, 2.45) is 0 Å². The molecule has 5 heteroatoms. The van der Waals surface area contributed by atoms with Gasteiger partial charge in [-0.2, -0.15) is 0 Å². The SMILES string of the molecule is CC(=O)N(CCC(=O)Nc1ccc(N(C)C)cc1)c1ccc(C)cc1C. The molecule has 0 unspecified atom stereocenters. The van der Waals surface area contributed by atoms with Crippen LogP contribution in [0.4, 0.5) is 17.1 Å². The smallest absolute Gasteiger partial charge is 0.226 e. The van der Waals surface area contributed by atoms with Crippen LogP contribution in [0, 0.1) is 13.8 Å². The first-order valence-corrected chi connectivity index (χ1v) is 8.70. The van der Waals surface area contributed by atoms with Crippen LogP contribution in [-0.2, 0) is 9.59 Å². The molecule has 0 aliphatic heterocycles. The van der Waals surface area contributed by atoms with Crippen molar-refractivity contribution in [3.63, 3.8) is 0 Å². The number of nitrogens with one attached hydrogen (secondary N) is 1. The molecule has 138 valence electrons. The van der Waals surface area contributed by atoms with Crippen LogP contribution in [0.2, 0.25) is 0 Å². The van der Waals surface area contributed by atoms with Crippen LogP contribution < -0.4 is 15.1 Å². The standard InChI is InChI=1S/C21H27N3O2/c1-15-6-11-20(16(2)14-15)24(17(3)25)13-12-21(26)22-18-7-9-19(10-8-18)23(4)5/h6-11,14H,12-13H2,1-5H3,(H,22,26). The van der Waals surface area contributed by atoms with Gasteiger partial charge in [0.25, 0.3) is 0 Å². The average Bonchev–Trinajstić information content (AvgIpc) is 2.57. The Hall–Kier alpha value is -2.82. The largest absolute Gasteiger partial charge is 0.378 e. The summed E-state index contributed by atoms with van der Waals surface area (Å²) in [5, 5.41) is 2.88. The topological polar surface area (TPSA) is 52.7 Å². The number of amides is 2. The molecule has 1 N–H and O–H groups in total. The average molecular weight is 353 g/mol. The minimum atomic E-state index is -0.112. The minimum Gasteiger partial charge on any atom is -0.378 e. The molecule has 0 saturated carbocycles. The molecule has 0 spiro atoms. The van der Waals surface area contributed by atoms with Gasteiger partial charge >= 0.3 is 0 Å². The monoisotopic (exact) mass is 353 g/mol. The predicted molar refractivity (Wildman–Crippen MR) is 108 cm³/mol. The number of hydrogen-bond donors (Lipinski definition) is 1. The first kappa shape index (κ1) is 19.5. The Morgan fingerprint density at radius 3 is 2.19 bits per heavy atom.